The molecule has 0 fully saturated rings. The number of benzene rings is 2. The van der Waals surface area contributed by atoms with Crippen LogP contribution in [0.3, 0.4) is 0 Å². The minimum Gasteiger partial charge on any atom is -0.452 e. The average molecular weight is 459 g/mol. The van der Waals surface area contributed by atoms with Gasteiger partial charge in [0.05, 0.1) is 16.9 Å². The van der Waals surface area contributed by atoms with Crippen molar-refractivity contribution in [2.45, 2.75) is 32.6 Å². The number of para-hydroxylation sites is 1. The molecule has 0 atom stereocenters. The number of hydrogen-bond donors (Lipinski definition) is 2. The Bertz CT molecular complexity index is 1460. The zero-order valence-corrected chi connectivity index (χ0v) is 19.2. The molecule has 4 aromatic rings. The van der Waals surface area contributed by atoms with Crippen LogP contribution in [-0.4, -0.2) is 32.8 Å². The lowest BCUT2D eigenvalue weighted by molar-refractivity contribution is -0.119. The summed E-state index contributed by atoms with van der Waals surface area (Å²) in [6.45, 7) is 1.26. The van der Waals surface area contributed by atoms with Crippen molar-refractivity contribution in [1.29, 1.82) is 0 Å². The fourth-order valence-electron chi connectivity index (χ4n) is 4.64. The second kappa shape index (κ2) is 8.70. The molecule has 8 nitrogen and oxygen atoms in total. The van der Waals surface area contributed by atoms with Crippen LogP contribution in [0, 0.1) is 6.92 Å². The number of carbonyl (C=O) groups is 2. The zero-order valence-electron chi connectivity index (χ0n) is 19.2. The van der Waals surface area contributed by atoms with E-state index in [0.29, 0.717) is 16.9 Å². The Morgan fingerprint density at radius 1 is 1.09 bits per heavy atom. The van der Waals surface area contributed by atoms with Crippen LogP contribution in [0.4, 0.5) is 5.69 Å². The highest BCUT2D eigenvalue weighted by Crippen LogP contribution is 2.29. The van der Waals surface area contributed by atoms with Crippen molar-refractivity contribution in [2.75, 3.05) is 11.9 Å². The van der Waals surface area contributed by atoms with Gasteiger partial charge in [-0.25, -0.2) is 9.48 Å². The molecule has 2 heterocycles. The van der Waals surface area contributed by atoms with Crippen LogP contribution in [-0.2, 0) is 29.4 Å². The van der Waals surface area contributed by atoms with E-state index in [9.17, 15) is 14.4 Å². The van der Waals surface area contributed by atoms with E-state index in [0.717, 1.165) is 30.2 Å². The molecule has 0 spiro atoms. The van der Waals surface area contributed by atoms with Crippen molar-refractivity contribution < 1.29 is 14.3 Å². The van der Waals surface area contributed by atoms with Crippen molar-refractivity contribution in [2.24, 2.45) is 7.05 Å². The third-order valence-electron chi connectivity index (χ3n) is 6.49. The Morgan fingerprint density at radius 2 is 1.85 bits per heavy atom. The normalized spacial score (nSPS) is 13.0. The summed E-state index contributed by atoms with van der Waals surface area (Å²) in [5.41, 5.74) is 5.00. The summed E-state index contributed by atoms with van der Waals surface area (Å²) in [4.78, 5) is 41.5. The molecule has 0 unspecified atom stereocenters. The highest BCUT2D eigenvalue weighted by Gasteiger charge is 2.20. The summed E-state index contributed by atoms with van der Waals surface area (Å²) in [5, 5.41) is 3.64. The topological polar surface area (TPSA) is 98.1 Å². The van der Waals surface area contributed by atoms with Gasteiger partial charge in [0.25, 0.3) is 11.5 Å². The quantitative estimate of drug-likeness (QED) is 0.446. The minimum atomic E-state index is -0.575. The van der Waals surface area contributed by atoms with Gasteiger partial charge in [0.1, 0.15) is 5.69 Å². The van der Waals surface area contributed by atoms with Gasteiger partial charge in [-0.2, -0.15) is 0 Å². The fourth-order valence-corrected chi connectivity index (χ4v) is 4.64. The number of aromatic nitrogens is 3. The summed E-state index contributed by atoms with van der Waals surface area (Å²) in [5.74, 6) is -1.14. The molecule has 0 radical (unpaired) electrons. The van der Waals surface area contributed by atoms with Crippen molar-refractivity contribution in [3.63, 3.8) is 0 Å². The Kier molecular flexibility index (Phi) is 5.57. The van der Waals surface area contributed by atoms with Gasteiger partial charge < -0.3 is 15.0 Å². The molecule has 1 aliphatic carbocycles. The zero-order chi connectivity index (χ0) is 23.8. The minimum absolute atomic E-state index is 0.160. The molecule has 1 aliphatic rings. The number of aromatic amines is 1. The first-order valence-electron chi connectivity index (χ1n) is 11.4. The smallest absolute Gasteiger partial charge is 0.338 e. The van der Waals surface area contributed by atoms with Gasteiger partial charge in [0.15, 0.2) is 6.61 Å². The van der Waals surface area contributed by atoms with Gasteiger partial charge in [-0.1, -0.05) is 18.2 Å². The monoisotopic (exact) mass is 458 g/mol. The highest BCUT2D eigenvalue weighted by molar-refractivity contribution is 5.98. The van der Waals surface area contributed by atoms with Crippen molar-refractivity contribution in [3.8, 4) is 5.69 Å². The second-order valence-corrected chi connectivity index (χ2v) is 8.61. The van der Waals surface area contributed by atoms with Crippen LogP contribution in [0.25, 0.3) is 16.6 Å². The van der Waals surface area contributed by atoms with E-state index >= 15 is 0 Å². The molecule has 0 aliphatic heterocycles. The standard InChI is InChI=1S/C26H26N4O4/c1-16-24(25(32)30(29(16)2)18-8-4-3-5-9-18)28-23(31)15-34-26(33)17-12-13-22-20(14-17)19-10-6-7-11-21(19)27-22/h3-5,8-9,12-14,27H,6-7,10-11,15H2,1-2H3,(H,28,31). The van der Waals surface area contributed by atoms with Gasteiger partial charge in [-0.15, -0.1) is 0 Å². The summed E-state index contributed by atoms with van der Waals surface area (Å²) in [6, 6.07) is 14.6. The van der Waals surface area contributed by atoms with Gasteiger partial charge in [-0.3, -0.25) is 14.3 Å². The number of nitrogens with zero attached hydrogens (tertiary/aromatic N) is 2. The maximum absolute atomic E-state index is 12.9. The lowest BCUT2D eigenvalue weighted by atomic mass is 9.95. The molecule has 2 aromatic heterocycles. The number of H-pyrrole nitrogens is 1. The predicted octanol–water partition coefficient (Wildman–Crippen LogP) is 3.64. The maximum atomic E-state index is 12.9. The van der Waals surface area contributed by atoms with Crippen molar-refractivity contribution in [1.82, 2.24) is 14.3 Å². The van der Waals surface area contributed by atoms with E-state index in [2.05, 4.69) is 10.3 Å². The van der Waals surface area contributed by atoms with Crippen LogP contribution in [0.15, 0.2) is 53.3 Å². The lowest BCUT2D eigenvalue weighted by Gasteiger charge is -2.10. The first kappa shape index (κ1) is 21.8. The predicted molar refractivity (Wildman–Crippen MR) is 130 cm³/mol. The van der Waals surface area contributed by atoms with E-state index in [1.807, 2.05) is 42.5 Å². The van der Waals surface area contributed by atoms with E-state index in [4.69, 9.17) is 4.74 Å². The molecule has 2 aromatic carbocycles. The first-order chi connectivity index (χ1) is 16.4. The Labute approximate surface area is 196 Å². The number of ether oxygens (including phenoxy) is 1. The van der Waals surface area contributed by atoms with E-state index in [1.165, 1.54) is 22.4 Å². The number of carbonyl (C=O) groups excluding carboxylic acids is 2. The number of amides is 1. The largest absolute Gasteiger partial charge is 0.452 e. The van der Waals surface area contributed by atoms with Gasteiger partial charge in [0, 0.05) is 23.6 Å². The van der Waals surface area contributed by atoms with E-state index in [-0.39, 0.29) is 11.2 Å². The van der Waals surface area contributed by atoms with Crippen LogP contribution < -0.4 is 10.9 Å². The maximum Gasteiger partial charge on any atom is 0.338 e. The van der Waals surface area contributed by atoms with Crippen LogP contribution in [0.1, 0.15) is 40.2 Å². The van der Waals surface area contributed by atoms with Crippen LogP contribution >= 0.6 is 0 Å². The summed E-state index contributed by atoms with van der Waals surface area (Å²) in [7, 11) is 1.75. The Balaban J connectivity index is 1.29. The van der Waals surface area contributed by atoms with Gasteiger partial charge in [0.2, 0.25) is 0 Å². The number of esters is 1. The third kappa shape index (κ3) is 3.81. The van der Waals surface area contributed by atoms with E-state index < -0.39 is 18.5 Å². The number of aryl methyl sites for hydroxylation is 2. The lowest BCUT2D eigenvalue weighted by Crippen LogP contribution is -2.25. The van der Waals surface area contributed by atoms with Crippen LogP contribution in [0.2, 0.25) is 0 Å². The molecule has 5 rings (SSSR count). The molecular weight excluding hydrogens is 432 g/mol. The molecule has 0 saturated heterocycles. The number of fused-ring (bicyclic) bond motifs is 3. The Hall–Kier alpha value is -4.07. The third-order valence-corrected chi connectivity index (χ3v) is 6.49. The van der Waals surface area contributed by atoms with Crippen molar-refractivity contribution >= 4 is 28.5 Å². The van der Waals surface area contributed by atoms with Crippen molar-refractivity contribution in [3.05, 3.63) is 81.4 Å². The molecule has 34 heavy (non-hydrogen) atoms. The van der Waals surface area contributed by atoms with Gasteiger partial charge in [-0.05, 0) is 68.5 Å². The molecule has 2 N–H and O–H groups in total. The molecular formula is C26H26N4O4. The SMILES string of the molecule is Cc1c(NC(=O)COC(=O)c2ccc3[nH]c4c(c3c2)CCCC4)c(=O)n(-c2ccccc2)n1C. The molecule has 174 valence electrons. The summed E-state index contributed by atoms with van der Waals surface area (Å²) < 4.78 is 8.40. The Morgan fingerprint density at radius 3 is 2.65 bits per heavy atom. The fraction of sp³-hybridized carbons (Fsp3) is 0.269. The molecule has 1 amide bonds. The molecule has 0 bridgehead atoms. The number of anilines is 1. The first-order valence-corrected chi connectivity index (χ1v) is 11.4. The number of rotatable bonds is 5. The summed E-state index contributed by atoms with van der Waals surface area (Å²) >= 11 is 0. The number of hydrogen-bond acceptors (Lipinski definition) is 4. The second-order valence-electron chi connectivity index (χ2n) is 8.61. The molecule has 0 saturated carbocycles. The molecule has 8 heteroatoms. The van der Waals surface area contributed by atoms with Crippen LogP contribution in [0.5, 0.6) is 0 Å². The summed E-state index contributed by atoms with van der Waals surface area (Å²) in [6.07, 6.45) is 4.32. The number of nitrogens with one attached hydrogen (secondary N) is 2. The van der Waals surface area contributed by atoms with Gasteiger partial charge >= 0.3 is 5.97 Å². The highest BCUT2D eigenvalue weighted by atomic mass is 16.5. The van der Waals surface area contributed by atoms with E-state index in [1.54, 1.807) is 24.7 Å². The average Bonchev–Trinajstić information content (AvgIpc) is 3.33.